The maximum atomic E-state index is 12.3. The first kappa shape index (κ1) is 18.0. The lowest BCUT2D eigenvalue weighted by Gasteiger charge is -2.38. The number of hydrogen-bond donors (Lipinski definition) is 1. The highest BCUT2D eigenvalue weighted by molar-refractivity contribution is 5.97. The number of nitro groups is 1. The molecule has 2 aromatic rings. The highest BCUT2D eigenvalue weighted by Crippen LogP contribution is 2.51. The second-order valence-electron chi connectivity index (χ2n) is 6.93. The molecular weight excluding hydrogens is 360 g/mol. The number of fused-ring (bicyclic) bond motifs is 3. The third kappa shape index (κ3) is 2.79. The summed E-state index contributed by atoms with van der Waals surface area (Å²) in [7, 11) is 2.77. The Morgan fingerprint density at radius 3 is 2.79 bits per heavy atom. The van der Waals surface area contributed by atoms with Gasteiger partial charge in [-0.2, -0.15) is 0 Å². The van der Waals surface area contributed by atoms with Crippen LogP contribution in [0.1, 0.15) is 39.9 Å². The Bertz CT molecular complexity index is 985. The summed E-state index contributed by atoms with van der Waals surface area (Å²) in [6, 6.07) is 10.4. The number of nitrogens with one attached hydrogen (secondary N) is 1. The number of rotatable bonds is 4. The van der Waals surface area contributed by atoms with Gasteiger partial charge in [0.1, 0.15) is 0 Å². The molecule has 0 aromatic heterocycles. The number of carbonyl (C=O) groups is 1. The molecule has 1 aliphatic carbocycles. The van der Waals surface area contributed by atoms with Gasteiger partial charge in [-0.05, 0) is 35.6 Å². The van der Waals surface area contributed by atoms with E-state index in [9.17, 15) is 14.9 Å². The van der Waals surface area contributed by atoms with E-state index in [0.29, 0.717) is 5.56 Å². The third-order valence-corrected chi connectivity index (χ3v) is 5.56. The fourth-order valence-corrected chi connectivity index (χ4v) is 4.27. The average Bonchev–Trinajstić information content (AvgIpc) is 3.21. The van der Waals surface area contributed by atoms with E-state index in [1.807, 2.05) is 18.2 Å². The van der Waals surface area contributed by atoms with Gasteiger partial charge in [-0.1, -0.05) is 30.4 Å². The fraction of sp³-hybridized carbons (Fsp3) is 0.286. The monoisotopic (exact) mass is 380 g/mol. The van der Waals surface area contributed by atoms with Gasteiger partial charge in [0.05, 0.1) is 36.4 Å². The van der Waals surface area contributed by atoms with E-state index in [0.717, 1.165) is 23.2 Å². The number of para-hydroxylation sites is 1. The molecule has 0 unspecified atom stereocenters. The molecule has 2 aliphatic rings. The SMILES string of the molecule is COC(=O)c1cccc2c1N[C@H](c1ccc(OC)c([N+](=O)[O-])c1)[C@@H]1CC=C[C@H]21. The van der Waals surface area contributed by atoms with Crippen LogP contribution in [0.4, 0.5) is 11.4 Å². The van der Waals surface area contributed by atoms with Crippen LogP contribution in [0.5, 0.6) is 5.75 Å². The number of nitro benzene ring substituents is 1. The molecule has 0 radical (unpaired) electrons. The highest BCUT2D eigenvalue weighted by atomic mass is 16.6. The van der Waals surface area contributed by atoms with Crippen LogP contribution in [0.2, 0.25) is 0 Å². The minimum absolute atomic E-state index is 0.0728. The van der Waals surface area contributed by atoms with Crippen LogP contribution in [0.3, 0.4) is 0 Å². The van der Waals surface area contributed by atoms with Crippen molar-refractivity contribution in [3.05, 3.63) is 75.4 Å². The zero-order chi connectivity index (χ0) is 19.8. The first-order chi connectivity index (χ1) is 13.5. The topological polar surface area (TPSA) is 90.7 Å². The number of nitrogens with zero attached hydrogens (tertiary/aromatic N) is 1. The molecule has 1 heterocycles. The van der Waals surface area contributed by atoms with Crippen LogP contribution in [-0.4, -0.2) is 25.1 Å². The smallest absolute Gasteiger partial charge is 0.339 e. The van der Waals surface area contributed by atoms with Crippen molar-refractivity contribution in [3.8, 4) is 5.75 Å². The van der Waals surface area contributed by atoms with Gasteiger partial charge in [0.15, 0.2) is 5.75 Å². The number of methoxy groups -OCH3 is 2. The first-order valence-corrected chi connectivity index (χ1v) is 9.02. The second kappa shape index (κ2) is 6.99. The van der Waals surface area contributed by atoms with E-state index in [-0.39, 0.29) is 29.3 Å². The van der Waals surface area contributed by atoms with Gasteiger partial charge in [0.25, 0.3) is 0 Å². The molecule has 0 saturated heterocycles. The van der Waals surface area contributed by atoms with Crippen LogP contribution in [0, 0.1) is 16.0 Å². The lowest BCUT2D eigenvalue weighted by Crippen LogP contribution is -2.30. The summed E-state index contributed by atoms with van der Waals surface area (Å²) < 4.78 is 10.1. The molecule has 144 valence electrons. The van der Waals surface area contributed by atoms with E-state index >= 15 is 0 Å². The highest BCUT2D eigenvalue weighted by Gasteiger charge is 2.40. The van der Waals surface area contributed by atoms with E-state index in [4.69, 9.17) is 9.47 Å². The summed E-state index contributed by atoms with van der Waals surface area (Å²) in [5.41, 5.74) is 2.95. The van der Waals surface area contributed by atoms with Crippen LogP contribution in [0.15, 0.2) is 48.6 Å². The van der Waals surface area contributed by atoms with E-state index in [1.54, 1.807) is 18.2 Å². The molecule has 1 N–H and O–H groups in total. The zero-order valence-electron chi connectivity index (χ0n) is 15.5. The third-order valence-electron chi connectivity index (χ3n) is 5.56. The van der Waals surface area contributed by atoms with Crippen molar-refractivity contribution in [1.82, 2.24) is 0 Å². The Hall–Kier alpha value is -3.35. The van der Waals surface area contributed by atoms with Crippen molar-refractivity contribution in [2.45, 2.75) is 18.4 Å². The summed E-state index contributed by atoms with van der Waals surface area (Å²) in [6.07, 6.45) is 5.13. The summed E-state index contributed by atoms with van der Waals surface area (Å²) in [5, 5.41) is 14.9. The van der Waals surface area contributed by atoms with Gasteiger partial charge >= 0.3 is 11.7 Å². The molecule has 2 aromatic carbocycles. The fourth-order valence-electron chi connectivity index (χ4n) is 4.27. The summed E-state index contributed by atoms with van der Waals surface area (Å²) >= 11 is 0. The predicted molar refractivity (Wildman–Crippen MR) is 104 cm³/mol. The van der Waals surface area contributed by atoms with Crippen LogP contribution < -0.4 is 10.1 Å². The average molecular weight is 380 g/mol. The van der Waals surface area contributed by atoms with Crippen LogP contribution in [0.25, 0.3) is 0 Å². The van der Waals surface area contributed by atoms with Crippen molar-refractivity contribution < 1.29 is 19.2 Å². The minimum atomic E-state index is -0.441. The van der Waals surface area contributed by atoms with Crippen LogP contribution >= 0.6 is 0 Å². The molecule has 7 heteroatoms. The maximum Gasteiger partial charge on any atom is 0.339 e. The number of benzene rings is 2. The van der Waals surface area contributed by atoms with Gasteiger partial charge in [-0.25, -0.2) is 4.79 Å². The minimum Gasteiger partial charge on any atom is -0.490 e. The van der Waals surface area contributed by atoms with E-state index in [2.05, 4.69) is 17.5 Å². The quantitative estimate of drug-likeness (QED) is 0.370. The maximum absolute atomic E-state index is 12.3. The Morgan fingerprint density at radius 2 is 2.07 bits per heavy atom. The molecule has 1 aliphatic heterocycles. The predicted octanol–water partition coefficient (Wildman–Crippen LogP) is 4.22. The molecule has 0 spiro atoms. The number of anilines is 1. The molecular formula is C21H20N2O5. The lowest BCUT2D eigenvalue weighted by molar-refractivity contribution is -0.385. The standard InChI is InChI=1S/C21H20N2O5/c1-27-18-10-9-12(11-17(18)23(25)26)19-14-6-3-5-13(14)15-7-4-8-16(20(15)22-19)21(24)28-2/h3-5,7-11,13-14,19,22H,6H2,1-2H3/t13-,14+,19+/m0/s1. The van der Waals surface area contributed by atoms with Crippen molar-refractivity contribution in [2.75, 3.05) is 19.5 Å². The van der Waals surface area contributed by atoms with E-state index < -0.39 is 10.9 Å². The van der Waals surface area contributed by atoms with Crippen molar-refractivity contribution in [2.24, 2.45) is 5.92 Å². The molecule has 7 nitrogen and oxygen atoms in total. The first-order valence-electron chi connectivity index (χ1n) is 9.02. The van der Waals surface area contributed by atoms with Gasteiger partial charge in [0.2, 0.25) is 0 Å². The molecule has 0 saturated carbocycles. The number of esters is 1. The number of hydrogen-bond acceptors (Lipinski definition) is 6. The Kier molecular flexibility index (Phi) is 4.50. The van der Waals surface area contributed by atoms with Gasteiger partial charge in [0, 0.05) is 12.0 Å². The van der Waals surface area contributed by atoms with Gasteiger partial charge < -0.3 is 14.8 Å². The van der Waals surface area contributed by atoms with Gasteiger partial charge in [-0.3, -0.25) is 10.1 Å². The normalized spacial score (nSPS) is 22.0. The second-order valence-corrected chi connectivity index (χ2v) is 6.93. The lowest BCUT2D eigenvalue weighted by atomic mass is 9.76. The number of allylic oxidation sites excluding steroid dienone is 2. The van der Waals surface area contributed by atoms with Crippen molar-refractivity contribution in [3.63, 3.8) is 0 Å². The van der Waals surface area contributed by atoms with Gasteiger partial charge in [-0.15, -0.1) is 0 Å². The molecule has 0 fully saturated rings. The zero-order valence-corrected chi connectivity index (χ0v) is 15.5. The summed E-state index contributed by atoms with van der Waals surface area (Å²) in [6.45, 7) is 0. The molecule has 0 bridgehead atoms. The molecule has 28 heavy (non-hydrogen) atoms. The number of ether oxygens (including phenoxy) is 2. The largest absolute Gasteiger partial charge is 0.490 e. The number of carbonyl (C=O) groups excluding carboxylic acids is 1. The van der Waals surface area contributed by atoms with Crippen LogP contribution in [-0.2, 0) is 4.74 Å². The summed E-state index contributed by atoms with van der Waals surface area (Å²) in [5.74, 6) is 0.144. The Labute approximate surface area is 162 Å². The Morgan fingerprint density at radius 1 is 1.25 bits per heavy atom. The van der Waals surface area contributed by atoms with Crippen molar-refractivity contribution >= 4 is 17.3 Å². The van der Waals surface area contributed by atoms with E-state index in [1.165, 1.54) is 14.2 Å². The molecule has 4 rings (SSSR count). The molecule has 3 atom stereocenters. The molecule has 0 amide bonds. The Balaban J connectivity index is 1.82. The van der Waals surface area contributed by atoms with Crippen molar-refractivity contribution in [1.29, 1.82) is 0 Å². The summed E-state index contributed by atoms with van der Waals surface area (Å²) in [4.78, 5) is 23.3.